The van der Waals surface area contributed by atoms with Crippen LogP contribution in [0, 0.1) is 18.8 Å². The first kappa shape index (κ1) is 20.5. The molecule has 4 rings (SSSR count). The predicted octanol–water partition coefficient (Wildman–Crippen LogP) is -0.169. The Morgan fingerprint density at radius 1 is 1.07 bits per heavy atom. The lowest BCUT2D eigenvalue weighted by Crippen LogP contribution is -2.53. The smallest absolute Gasteiger partial charge is 0.331 e. The topological polar surface area (TPSA) is 110 Å². The average Bonchev–Trinajstić information content (AvgIpc) is 3.05. The van der Waals surface area contributed by atoms with Gasteiger partial charge in [0.1, 0.15) is 5.69 Å². The third-order valence-electron chi connectivity index (χ3n) is 6.27. The molecule has 0 radical (unpaired) electrons. The summed E-state index contributed by atoms with van der Waals surface area (Å²) in [6.07, 6.45) is 0.662. The SMILES string of the molecule is Cc1ccc(S(=O)(=O)N2C[C@H]3C[C@H](NC(=O)c4cc(=O)n(C)c(=O)n4C)[C@H]3C2)cc1. The van der Waals surface area contributed by atoms with Crippen LogP contribution in [0.25, 0.3) is 0 Å². The van der Waals surface area contributed by atoms with Crippen molar-refractivity contribution in [1.29, 1.82) is 0 Å². The van der Waals surface area contributed by atoms with Gasteiger partial charge in [-0.2, -0.15) is 4.31 Å². The number of sulfonamides is 1. The maximum Gasteiger partial charge on any atom is 0.331 e. The zero-order valence-electron chi connectivity index (χ0n) is 17.0. The highest BCUT2D eigenvalue weighted by Gasteiger charge is 2.50. The third kappa shape index (κ3) is 3.29. The first-order valence-electron chi connectivity index (χ1n) is 9.74. The number of carbonyl (C=O) groups is 1. The molecule has 1 aromatic carbocycles. The molecule has 30 heavy (non-hydrogen) atoms. The lowest BCUT2D eigenvalue weighted by Gasteiger charge is -2.39. The number of nitrogens with one attached hydrogen (secondary N) is 1. The summed E-state index contributed by atoms with van der Waals surface area (Å²) in [7, 11) is -0.789. The first-order valence-corrected chi connectivity index (χ1v) is 11.2. The fraction of sp³-hybridized carbons (Fsp3) is 0.450. The van der Waals surface area contributed by atoms with Crippen LogP contribution >= 0.6 is 0 Å². The van der Waals surface area contributed by atoms with Crippen molar-refractivity contribution >= 4 is 15.9 Å². The van der Waals surface area contributed by atoms with Gasteiger partial charge < -0.3 is 5.32 Å². The number of rotatable bonds is 4. The number of amides is 1. The molecule has 1 saturated heterocycles. The van der Waals surface area contributed by atoms with Crippen LogP contribution in [-0.4, -0.2) is 46.9 Å². The van der Waals surface area contributed by atoms with Crippen molar-refractivity contribution in [3.8, 4) is 0 Å². The van der Waals surface area contributed by atoms with Crippen LogP contribution in [-0.2, 0) is 24.1 Å². The molecule has 1 N–H and O–H groups in total. The fourth-order valence-electron chi connectivity index (χ4n) is 4.28. The average molecular weight is 433 g/mol. The van der Waals surface area contributed by atoms with Crippen LogP contribution in [0.3, 0.4) is 0 Å². The van der Waals surface area contributed by atoms with Gasteiger partial charge in [-0.25, -0.2) is 13.2 Å². The van der Waals surface area contributed by atoms with Gasteiger partial charge in [0.2, 0.25) is 10.0 Å². The summed E-state index contributed by atoms with van der Waals surface area (Å²) < 4.78 is 29.4. The van der Waals surface area contributed by atoms with E-state index in [9.17, 15) is 22.8 Å². The van der Waals surface area contributed by atoms with E-state index in [1.807, 2.05) is 6.92 Å². The third-order valence-corrected chi connectivity index (χ3v) is 8.11. The van der Waals surface area contributed by atoms with Gasteiger partial charge in [0.25, 0.3) is 11.5 Å². The van der Waals surface area contributed by atoms with Crippen LogP contribution in [0.2, 0.25) is 0 Å². The molecule has 3 atom stereocenters. The molecular formula is C20H24N4O5S. The lowest BCUT2D eigenvalue weighted by molar-refractivity contribution is 0.0822. The van der Waals surface area contributed by atoms with E-state index in [4.69, 9.17) is 0 Å². The summed E-state index contributed by atoms with van der Waals surface area (Å²) in [6.45, 7) is 2.66. The van der Waals surface area contributed by atoms with Gasteiger partial charge in [0.15, 0.2) is 0 Å². The molecule has 1 aliphatic carbocycles. The number of benzene rings is 1. The van der Waals surface area contributed by atoms with Crippen molar-refractivity contribution in [3.05, 3.63) is 62.4 Å². The summed E-state index contributed by atoms with van der Waals surface area (Å²) in [4.78, 5) is 36.8. The fourth-order valence-corrected chi connectivity index (χ4v) is 5.81. The van der Waals surface area contributed by atoms with Gasteiger partial charge in [-0.05, 0) is 37.3 Å². The molecule has 0 unspecified atom stereocenters. The van der Waals surface area contributed by atoms with Gasteiger partial charge in [-0.3, -0.25) is 18.7 Å². The van der Waals surface area contributed by atoms with Crippen molar-refractivity contribution in [3.63, 3.8) is 0 Å². The highest BCUT2D eigenvalue weighted by atomic mass is 32.2. The molecule has 160 valence electrons. The standard InChI is InChI=1S/C20H24N4O5S/c1-12-4-6-14(7-5-12)30(28,29)24-10-13-8-16(15(13)11-24)21-19(26)17-9-18(25)23(3)20(27)22(17)2/h4-7,9,13,15-16H,8,10-11H2,1-3H3,(H,21,26)/t13-,15+,16+/m1/s1. The maximum absolute atomic E-state index is 12.9. The van der Waals surface area contributed by atoms with Gasteiger partial charge >= 0.3 is 5.69 Å². The molecule has 1 amide bonds. The second-order valence-electron chi connectivity index (χ2n) is 8.14. The van der Waals surface area contributed by atoms with Crippen molar-refractivity contribution in [1.82, 2.24) is 18.8 Å². The largest absolute Gasteiger partial charge is 0.348 e. The van der Waals surface area contributed by atoms with E-state index < -0.39 is 27.2 Å². The highest BCUT2D eigenvalue weighted by Crippen LogP contribution is 2.42. The molecule has 0 spiro atoms. The lowest BCUT2D eigenvalue weighted by atomic mass is 9.71. The Hall–Kier alpha value is -2.72. The van der Waals surface area contributed by atoms with Crippen LogP contribution in [0.4, 0.5) is 0 Å². The van der Waals surface area contributed by atoms with E-state index in [1.54, 1.807) is 24.3 Å². The summed E-state index contributed by atoms with van der Waals surface area (Å²) in [5, 5.41) is 2.87. The molecule has 2 fully saturated rings. The maximum atomic E-state index is 12.9. The van der Waals surface area contributed by atoms with Gasteiger partial charge in [-0.1, -0.05) is 17.7 Å². The molecule has 1 saturated carbocycles. The Kier molecular flexibility index (Phi) is 4.94. The van der Waals surface area contributed by atoms with Crippen molar-refractivity contribution < 1.29 is 13.2 Å². The molecule has 1 aromatic heterocycles. The monoisotopic (exact) mass is 432 g/mol. The minimum atomic E-state index is -3.58. The molecule has 2 aromatic rings. The van der Waals surface area contributed by atoms with E-state index in [-0.39, 0.29) is 28.5 Å². The van der Waals surface area contributed by atoms with E-state index in [0.717, 1.165) is 20.8 Å². The molecule has 10 heteroatoms. The normalized spacial score (nSPS) is 23.6. The van der Waals surface area contributed by atoms with Gasteiger partial charge in [0.05, 0.1) is 4.90 Å². The van der Waals surface area contributed by atoms with Crippen LogP contribution in [0.1, 0.15) is 22.5 Å². The van der Waals surface area contributed by atoms with E-state index >= 15 is 0 Å². The Morgan fingerprint density at radius 3 is 2.40 bits per heavy atom. The Balaban J connectivity index is 1.47. The van der Waals surface area contributed by atoms with E-state index in [1.165, 1.54) is 18.4 Å². The minimum Gasteiger partial charge on any atom is -0.348 e. The quantitative estimate of drug-likeness (QED) is 0.721. The first-order chi connectivity index (χ1) is 14.1. The van der Waals surface area contributed by atoms with Crippen LogP contribution in [0.5, 0.6) is 0 Å². The van der Waals surface area contributed by atoms with Crippen molar-refractivity contribution in [2.75, 3.05) is 13.1 Å². The summed E-state index contributed by atoms with van der Waals surface area (Å²) in [5.41, 5.74) is -0.140. The van der Waals surface area contributed by atoms with Crippen LogP contribution < -0.4 is 16.6 Å². The predicted molar refractivity (Wildman–Crippen MR) is 110 cm³/mol. The van der Waals surface area contributed by atoms with Gasteiger partial charge in [0, 0.05) is 39.3 Å². The van der Waals surface area contributed by atoms with Crippen molar-refractivity contribution in [2.24, 2.45) is 25.9 Å². The molecule has 2 heterocycles. The second kappa shape index (κ2) is 7.21. The molecule has 9 nitrogen and oxygen atoms in total. The number of hydrogen-bond donors (Lipinski definition) is 1. The zero-order valence-corrected chi connectivity index (χ0v) is 17.8. The number of carbonyl (C=O) groups excluding carboxylic acids is 1. The number of hydrogen-bond acceptors (Lipinski definition) is 5. The highest BCUT2D eigenvalue weighted by molar-refractivity contribution is 7.89. The molecule has 1 aliphatic heterocycles. The summed E-state index contributed by atoms with van der Waals surface area (Å²) in [5.74, 6) is -0.309. The number of nitrogens with zero attached hydrogens (tertiary/aromatic N) is 3. The second-order valence-corrected chi connectivity index (χ2v) is 10.1. The van der Waals surface area contributed by atoms with E-state index in [2.05, 4.69) is 5.32 Å². The van der Waals surface area contributed by atoms with Crippen LogP contribution in [0.15, 0.2) is 44.8 Å². The Bertz CT molecular complexity index is 1230. The van der Waals surface area contributed by atoms with Gasteiger partial charge in [-0.15, -0.1) is 0 Å². The summed E-state index contributed by atoms with van der Waals surface area (Å²) in [6, 6.07) is 7.71. The van der Waals surface area contributed by atoms with E-state index in [0.29, 0.717) is 19.5 Å². The molecule has 2 aliphatic rings. The Labute approximate surface area is 174 Å². The minimum absolute atomic E-state index is 0.00585. The zero-order chi connectivity index (χ0) is 21.8. The summed E-state index contributed by atoms with van der Waals surface area (Å²) >= 11 is 0. The molecular weight excluding hydrogens is 408 g/mol. The number of fused-ring (bicyclic) bond motifs is 1. The Morgan fingerprint density at radius 2 is 1.73 bits per heavy atom. The van der Waals surface area contributed by atoms with Crippen molar-refractivity contribution in [2.45, 2.75) is 24.3 Å². The molecule has 0 bridgehead atoms. The number of aromatic nitrogens is 2. The number of aryl methyl sites for hydroxylation is 1.